The molecule has 0 bridgehead atoms. The molecule has 1 aromatic heterocycles. The van der Waals surface area contributed by atoms with Crippen LogP contribution >= 0.6 is 22.9 Å². The van der Waals surface area contributed by atoms with Crippen LogP contribution in [0.1, 0.15) is 16.5 Å². The molecular formula is C13H14ClNOS. The van der Waals surface area contributed by atoms with Crippen molar-refractivity contribution in [3.8, 4) is 5.75 Å². The third-order valence-electron chi connectivity index (χ3n) is 2.60. The highest BCUT2D eigenvalue weighted by Gasteiger charge is 2.10. The van der Waals surface area contributed by atoms with Gasteiger partial charge in [0, 0.05) is 17.3 Å². The Labute approximate surface area is 110 Å². The summed E-state index contributed by atoms with van der Waals surface area (Å²) in [7, 11) is 1.61. The van der Waals surface area contributed by atoms with Gasteiger partial charge < -0.3 is 10.5 Å². The maximum atomic E-state index is 6.17. The van der Waals surface area contributed by atoms with Gasteiger partial charge in [-0.15, -0.1) is 11.3 Å². The molecule has 0 saturated heterocycles. The van der Waals surface area contributed by atoms with Crippen molar-refractivity contribution in [2.24, 2.45) is 5.73 Å². The van der Waals surface area contributed by atoms with E-state index in [9.17, 15) is 0 Å². The molecule has 90 valence electrons. The van der Waals surface area contributed by atoms with Crippen molar-refractivity contribution >= 4 is 22.9 Å². The molecule has 2 aromatic rings. The number of ether oxygens (including phenoxy) is 1. The molecule has 2 N–H and O–H groups in total. The second kappa shape index (κ2) is 5.54. The van der Waals surface area contributed by atoms with E-state index in [2.05, 4.69) is 11.4 Å². The van der Waals surface area contributed by atoms with Gasteiger partial charge in [-0.2, -0.15) is 0 Å². The fraction of sp³-hybridized carbons (Fsp3) is 0.231. The molecule has 0 amide bonds. The topological polar surface area (TPSA) is 35.2 Å². The van der Waals surface area contributed by atoms with Crippen molar-refractivity contribution in [3.05, 3.63) is 51.2 Å². The van der Waals surface area contributed by atoms with E-state index in [4.69, 9.17) is 22.1 Å². The van der Waals surface area contributed by atoms with Crippen molar-refractivity contribution in [1.29, 1.82) is 0 Å². The van der Waals surface area contributed by atoms with Crippen LogP contribution in [0.2, 0.25) is 5.02 Å². The van der Waals surface area contributed by atoms with E-state index in [1.54, 1.807) is 18.4 Å². The summed E-state index contributed by atoms with van der Waals surface area (Å²) >= 11 is 7.70. The fourth-order valence-corrected chi connectivity index (χ4v) is 2.63. The minimum atomic E-state index is -0.0279. The predicted molar refractivity (Wildman–Crippen MR) is 73.0 cm³/mol. The van der Waals surface area contributed by atoms with Crippen molar-refractivity contribution in [2.75, 3.05) is 7.11 Å². The first-order valence-corrected chi connectivity index (χ1v) is 6.58. The van der Waals surface area contributed by atoms with E-state index in [0.29, 0.717) is 10.8 Å². The Morgan fingerprint density at radius 2 is 2.24 bits per heavy atom. The Bertz CT molecular complexity index is 484. The molecule has 0 saturated carbocycles. The van der Waals surface area contributed by atoms with Crippen molar-refractivity contribution in [2.45, 2.75) is 12.5 Å². The SMILES string of the molecule is COc1cc(C(N)Cc2cccs2)ccc1Cl. The molecule has 4 heteroatoms. The molecule has 0 aliphatic heterocycles. The Morgan fingerprint density at radius 3 is 2.88 bits per heavy atom. The molecule has 0 aliphatic carbocycles. The summed E-state index contributed by atoms with van der Waals surface area (Å²) in [5, 5.41) is 2.67. The molecule has 2 nitrogen and oxygen atoms in total. The third-order valence-corrected chi connectivity index (χ3v) is 3.82. The van der Waals surface area contributed by atoms with Gasteiger partial charge in [0.2, 0.25) is 0 Å². The molecular weight excluding hydrogens is 254 g/mol. The normalized spacial score (nSPS) is 12.4. The van der Waals surface area contributed by atoms with Gasteiger partial charge in [0.25, 0.3) is 0 Å². The second-order valence-electron chi connectivity index (χ2n) is 3.78. The first-order valence-electron chi connectivity index (χ1n) is 5.32. The van der Waals surface area contributed by atoms with Crippen molar-refractivity contribution in [1.82, 2.24) is 0 Å². The van der Waals surface area contributed by atoms with Crippen LogP contribution in [0.3, 0.4) is 0 Å². The lowest BCUT2D eigenvalue weighted by Crippen LogP contribution is -2.12. The summed E-state index contributed by atoms with van der Waals surface area (Å²) in [6.07, 6.45) is 0.836. The monoisotopic (exact) mass is 267 g/mol. The van der Waals surface area contributed by atoms with E-state index in [1.807, 2.05) is 24.3 Å². The number of halogens is 1. The zero-order valence-electron chi connectivity index (χ0n) is 9.52. The maximum absolute atomic E-state index is 6.17. The minimum Gasteiger partial charge on any atom is -0.495 e. The number of benzene rings is 1. The van der Waals surface area contributed by atoms with E-state index >= 15 is 0 Å². The molecule has 17 heavy (non-hydrogen) atoms. The van der Waals surface area contributed by atoms with Crippen molar-refractivity contribution < 1.29 is 4.74 Å². The highest BCUT2D eigenvalue weighted by Crippen LogP contribution is 2.28. The van der Waals surface area contributed by atoms with Gasteiger partial charge in [-0.05, 0) is 29.1 Å². The fourth-order valence-electron chi connectivity index (χ4n) is 1.67. The molecule has 0 radical (unpaired) electrons. The Hall–Kier alpha value is -1.03. The Kier molecular flexibility index (Phi) is 4.05. The lowest BCUT2D eigenvalue weighted by Gasteiger charge is -2.13. The van der Waals surface area contributed by atoms with E-state index in [0.717, 1.165) is 12.0 Å². The summed E-state index contributed by atoms with van der Waals surface area (Å²) < 4.78 is 5.19. The maximum Gasteiger partial charge on any atom is 0.137 e. The number of methoxy groups -OCH3 is 1. The highest BCUT2D eigenvalue weighted by molar-refractivity contribution is 7.09. The molecule has 0 fully saturated rings. The summed E-state index contributed by atoms with van der Waals surface area (Å²) in [6.45, 7) is 0. The van der Waals surface area contributed by atoms with Gasteiger partial charge in [0.05, 0.1) is 12.1 Å². The highest BCUT2D eigenvalue weighted by atomic mass is 35.5. The molecule has 1 unspecified atom stereocenters. The Balaban J connectivity index is 2.16. The van der Waals surface area contributed by atoms with Crippen LogP contribution in [-0.4, -0.2) is 7.11 Å². The molecule has 0 spiro atoms. The van der Waals surface area contributed by atoms with Crippen molar-refractivity contribution in [3.63, 3.8) is 0 Å². The molecule has 1 aromatic carbocycles. The zero-order chi connectivity index (χ0) is 12.3. The van der Waals surface area contributed by atoms with Crippen LogP contribution in [0.15, 0.2) is 35.7 Å². The summed E-state index contributed by atoms with van der Waals surface area (Å²) in [6, 6.07) is 9.78. The van der Waals surface area contributed by atoms with Gasteiger partial charge in [-0.3, -0.25) is 0 Å². The van der Waals surface area contributed by atoms with Gasteiger partial charge >= 0.3 is 0 Å². The van der Waals surface area contributed by atoms with Crippen LogP contribution < -0.4 is 10.5 Å². The first-order chi connectivity index (χ1) is 8.20. The lowest BCUT2D eigenvalue weighted by molar-refractivity contribution is 0.414. The molecule has 0 aliphatic rings. The second-order valence-corrected chi connectivity index (χ2v) is 5.22. The standard InChI is InChI=1S/C13H14ClNOS/c1-16-13-7-9(4-5-11(13)14)12(15)8-10-3-2-6-17-10/h2-7,12H,8,15H2,1H3. The van der Waals surface area contributed by atoms with Gasteiger partial charge in [-0.1, -0.05) is 23.7 Å². The number of rotatable bonds is 4. The Morgan fingerprint density at radius 1 is 1.41 bits per heavy atom. The lowest BCUT2D eigenvalue weighted by atomic mass is 10.0. The number of thiophene rings is 1. The average Bonchev–Trinajstić information content (AvgIpc) is 2.82. The van der Waals surface area contributed by atoms with Crippen LogP contribution in [0.5, 0.6) is 5.75 Å². The largest absolute Gasteiger partial charge is 0.495 e. The summed E-state index contributed by atoms with van der Waals surface area (Å²) in [5.74, 6) is 0.672. The quantitative estimate of drug-likeness (QED) is 0.918. The van der Waals surface area contributed by atoms with Crippen LogP contribution in [-0.2, 0) is 6.42 Å². The van der Waals surface area contributed by atoms with Gasteiger partial charge in [-0.25, -0.2) is 0 Å². The molecule has 1 atom stereocenters. The van der Waals surface area contributed by atoms with Gasteiger partial charge in [0.1, 0.15) is 5.75 Å². The van der Waals surface area contributed by atoms with Crippen LogP contribution in [0.25, 0.3) is 0 Å². The smallest absolute Gasteiger partial charge is 0.137 e. The van der Waals surface area contributed by atoms with E-state index < -0.39 is 0 Å². The zero-order valence-corrected chi connectivity index (χ0v) is 11.1. The van der Waals surface area contributed by atoms with Gasteiger partial charge in [0.15, 0.2) is 0 Å². The number of hydrogen-bond donors (Lipinski definition) is 1. The van der Waals surface area contributed by atoms with E-state index in [-0.39, 0.29) is 6.04 Å². The number of nitrogens with two attached hydrogens (primary N) is 1. The average molecular weight is 268 g/mol. The van der Waals surface area contributed by atoms with Crippen LogP contribution in [0.4, 0.5) is 0 Å². The molecule has 1 heterocycles. The van der Waals surface area contributed by atoms with E-state index in [1.165, 1.54) is 4.88 Å². The summed E-state index contributed by atoms with van der Waals surface area (Å²) in [5.41, 5.74) is 7.21. The summed E-state index contributed by atoms with van der Waals surface area (Å²) in [4.78, 5) is 1.28. The minimum absolute atomic E-state index is 0.0279. The first kappa shape index (κ1) is 12.4. The third kappa shape index (κ3) is 3.00. The predicted octanol–water partition coefficient (Wildman–Crippen LogP) is 3.65. The molecule has 2 rings (SSSR count). The van der Waals surface area contributed by atoms with Crippen LogP contribution in [0, 0.1) is 0 Å². The number of hydrogen-bond acceptors (Lipinski definition) is 3.